The van der Waals surface area contributed by atoms with Crippen LogP contribution in [0.2, 0.25) is 0 Å². The van der Waals surface area contributed by atoms with Crippen molar-refractivity contribution in [1.82, 2.24) is 20.4 Å². The Bertz CT molecular complexity index is 1000. The summed E-state index contributed by atoms with van der Waals surface area (Å²) >= 11 is 1.31. The topological polar surface area (TPSA) is 77.8 Å². The number of aromatic nitrogens is 4. The van der Waals surface area contributed by atoms with Crippen LogP contribution in [0, 0.1) is 5.82 Å². The zero-order valence-electron chi connectivity index (χ0n) is 13.7. The van der Waals surface area contributed by atoms with Crippen molar-refractivity contribution in [2.75, 3.05) is 0 Å². The van der Waals surface area contributed by atoms with Gasteiger partial charge in [0.2, 0.25) is 17.7 Å². The van der Waals surface area contributed by atoms with Crippen LogP contribution >= 0.6 is 11.8 Å². The predicted octanol–water partition coefficient (Wildman–Crippen LogP) is 4.78. The van der Waals surface area contributed by atoms with E-state index >= 15 is 0 Å². The van der Waals surface area contributed by atoms with Crippen LogP contribution in [0.5, 0.6) is 0 Å². The highest BCUT2D eigenvalue weighted by atomic mass is 32.2. The maximum atomic E-state index is 13.0. The van der Waals surface area contributed by atoms with Gasteiger partial charge in [0.25, 0.3) is 5.22 Å². The van der Waals surface area contributed by atoms with Crippen molar-refractivity contribution in [3.8, 4) is 22.9 Å². The average Bonchev–Trinajstić information content (AvgIpc) is 3.33. The van der Waals surface area contributed by atoms with Crippen molar-refractivity contribution in [3.05, 3.63) is 66.3 Å². The Morgan fingerprint density at radius 2 is 1.46 bits per heavy atom. The summed E-state index contributed by atoms with van der Waals surface area (Å²) in [5.41, 5.74) is 1.52. The molecule has 0 fully saturated rings. The van der Waals surface area contributed by atoms with E-state index in [1.165, 1.54) is 23.9 Å². The summed E-state index contributed by atoms with van der Waals surface area (Å²) < 4.78 is 24.4. The molecule has 0 aliphatic heterocycles. The molecule has 0 radical (unpaired) electrons. The van der Waals surface area contributed by atoms with Gasteiger partial charge in [-0.25, -0.2) is 4.39 Å². The first-order valence-corrected chi connectivity index (χ1v) is 8.72. The van der Waals surface area contributed by atoms with E-state index in [0.717, 1.165) is 5.56 Å². The Kier molecular flexibility index (Phi) is 4.49. The molecule has 0 bridgehead atoms. The third-order valence-electron chi connectivity index (χ3n) is 3.58. The van der Waals surface area contributed by atoms with Gasteiger partial charge >= 0.3 is 0 Å². The van der Waals surface area contributed by atoms with Crippen LogP contribution < -0.4 is 0 Å². The molecule has 2 aromatic heterocycles. The number of halogens is 1. The standard InChI is InChI=1S/C18H13FN4O2S/c1-11(15-20-21-16(24-15)12-5-3-2-4-6-12)26-18-23-22-17(25-18)13-7-9-14(19)10-8-13/h2-11H,1H3/t11-/m1/s1. The molecule has 130 valence electrons. The Morgan fingerprint density at radius 3 is 2.23 bits per heavy atom. The highest BCUT2D eigenvalue weighted by Gasteiger charge is 2.19. The second-order valence-corrected chi connectivity index (χ2v) is 6.74. The molecular weight excluding hydrogens is 355 g/mol. The van der Waals surface area contributed by atoms with Crippen LogP contribution in [0.1, 0.15) is 18.1 Å². The zero-order chi connectivity index (χ0) is 17.9. The van der Waals surface area contributed by atoms with Gasteiger partial charge in [0.05, 0.1) is 5.25 Å². The quantitative estimate of drug-likeness (QED) is 0.469. The smallest absolute Gasteiger partial charge is 0.277 e. The summed E-state index contributed by atoms with van der Waals surface area (Å²) in [6, 6.07) is 15.4. The lowest BCUT2D eigenvalue weighted by molar-refractivity contribution is 0.461. The van der Waals surface area contributed by atoms with Gasteiger partial charge in [0.15, 0.2) is 0 Å². The number of rotatable bonds is 5. The summed E-state index contributed by atoms with van der Waals surface area (Å²) in [5, 5.41) is 16.4. The van der Waals surface area contributed by atoms with Crippen molar-refractivity contribution in [2.24, 2.45) is 0 Å². The van der Waals surface area contributed by atoms with E-state index in [4.69, 9.17) is 8.83 Å². The third kappa shape index (κ3) is 3.50. The molecule has 8 heteroatoms. The zero-order valence-corrected chi connectivity index (χ0v) is 14.5. The lowest BCUT2D eigenvalue weighted by Gasteiger charge is -2.01. The van der Waals surface area contributed by atoms with Crippen molar-refractivity contribution < 1.29 is 13.2 Å². The second-order valence-electron chi connectivity index (χ2n) is 5.45. The number of hydrogen-bond donors (Lipinski definition) is 0. The van der Waals surface area contributed by atoms with Crippen LogP contribution in [0.15, 0.2) is 68.7 Å². The summed E-state index contributed by atoms with van der Waals surface area (Å²) in [7, 11) is 0. The van der Waals surface area contributed by atoms with Crippen LogP contribution in [-0.2, 0) is 0 Å². The lowest BCUT2D eigenvalue weighted by Crippen LogP contribution is -1.88. The normalized spacial score (nSPS) is 12.2. The van der Waals surface area contributed by atoms with Gasteiger partial charge in [-0.05, 0) is 43.3 Å². The van der Waals surface area contributed by atoms with Crippen LogP contribution in [0.25, 0.3) is 22.9 Å². The summed E-state index contributed by atoms with van der Waals surface area (Å²) in [4.78, 5) is 0. The van der Waals surface area contributed by atoms with E-state index in [9.17, 15) is 4.39 Å². The molecule has 26 heavy (non-hydrogen) atoms. The Hall–Kier alpha value is -3.00. The fourth-order valence-electron chi connectivity index (χ4n) is 2.26. The van der Waals surface area contributed by atoms with E-state index in [-0.39, 0.29) is 11.1 Å². The van der Waals surface area contributed by atoms with Crippen molar-refractivity contribution in [3.63, 3.8) is 0 Å². The molecule has 4 rings (SSSR count). The van der Waals surface area contributed by atoms with Crippen LogP contribution in [0.3, 0.4) is 0 Å². The van der Waals surface area contributed by atoms with E-state index in [2.05, 4.69) is 20.4 Å². The highest BCUT2D eigenvalue weighted by Crippen LogP contribution is 2.35. The summed E-state index contributed by atoms with van der Waals surface area (Å²) in [6.45, 7) is 1.91. The fraction of sp³-hybridized carbons (Fsp3) is 0.111. The van der Waals surface area contributed by atoms with Crippen molar-refractivity contribution in [1.29, 1.82) is 0 Å². The van der Waals surface area contributed by atoms with E-state index in [0.29, 0.717) is 28.5 Å². The van der Waals surface area contributed by atoms with Gasteiger partial charge in [-0.3, -0.25) is 0 Å². The molecule has 0 saturated carbocycles. The SMILES string of the molecule is C[C@@H](Sc1nnc(-c2ccc(F)cc2)o1)c1nnc(-c2ccccc2)o1. The van der Waals surface area contributed by atoms with Gasteiger partial charge in [-0.15, -0.1) is 20.4 Å². The molecule has 1 atom stereocenters. The number of hydrogen-bond acceptors (Lipinski definition) is 7. The molecule has 0 aliphatic rings. The van der Waals surface area contributed by atoms with E-state index in [1.54, 1.807) is 12.1 Å². The first-order chi connectivity index (χ1) is 12.7. The van der Waals surface area contributed by atoms with E-state index < -0.39 is 0 Å². The minimum atomic E-state index is -0.317. The average molecular weight is 368 g/mol. The van der Waals surface area contributed by atoms with Crippen LogP contribution in [-0.4, -0.2) is 20.4 Å². The summed E-state index contributed by atoms with van der Waals surface area (Å²) in [5.74, 6) is 0.943. The molecule has 0 saturated heterocycles. The molecule has 4 aromatic rings. The largest absolute Gasteiger partial charge is 0.419 e. The van der Waals surface area contributed by atoms with Gasteiger partial charge in [0.1, 0.15) is 5.82 Å². The van der Waals surface area contributed by atoms with Crippen LogP contribution in [0.4, 0.5) is 4.39 Å². The molecule has 0 amide bonds. The first-order valence-electron chi connectivity index (χ1n) is 7.84. The Balaban J connectivity index is 1.48. The lowest BCUT2D eigenvalue weighted by atomic mass is 10.2. The summed E-state index contributed by atoms with van der Waals surface area (Å²) in [6.07, 6.45) is 0. The van der Waals surface area contributed by atoms with Gasteiger partial charge in [-0.2, -0.15) is 0 Å². The van der Waals surface area contributed by atoms with Crippen molar-refractivity contribution >= 4 is 11.8 Å². The molecule has 0 N–H and O–H groups in total. The van der Waals surface area contributed by atoms with E-state index in [1.807, 2.05) is 37.3 Å². The molecule has 0 spiro atoms. The maximum absolute atomic E-state index is 13.0. The second kappa shape index (κ2) is 7.09. The molecule has 2 heterocycles. The molecular formula is C18H13FN4O2S. The van der Waals surface area contributed by atoms with Gasteiger partial charge < -0.3 is 8.83 Å². The van der Waals surface area contributed by atoms with Crippen molar-refractivity contribution in [2.45, 2.75) is 17.4 Å². The van der Waals surface area contributed by atoms with Gasteiger partial charge in [-0.1, -0.05) is 30.0 Å². The maximum Gasteiger partial charge on any atom is 0.277 e. The predicted molar refractivity (Wildman–Crippen MR) is 93.7 cm³/mol. The Labute approximate surface area is 152 Å². The number of thioether (sulfide) groups is 1. The molecule has 2 aromatic carbocycles. The number of nitrogens with zero attached hydrogens (tertiary/aromatic N) is 4. The number of benzene rings is 2. The first kappa shape index (κ1) is 16.5. The highest BCUT2D eigenvalue weighted by molar-refractivity contribution is 7.99. The minimum Gasteiger partial charge on any atom is -0.419 e. The van der Waals surface area contributed by atoms with Gasteiger partial charge in [0, 0.05) is 11.1 Å². The molecule has 0 aliphatic carbocycles. The third-order valence-corrected chi connectivity index (χ3v) is 4.51. The Morgan fingerprint density at radius 1 is 0.808 bits per heavy atom. The molecule has 0 unspecified atom stereocenters. The monoisotopic (exact) mass is 368 g/mol. The minimum absolute atomic E-state index is 0.165. The molecule has 6 nitrogen and oxygen atoms in total. The fourth-order valence-corrected chi connectivity index (χ4v) is 2.98.